The van der Waals surface area contributed by atoms with Crippen LogP contribution in [-0.4, -0.2) is 37.4 Å². The van der Waals surface area contributed by atoms with E-state index in [4.69, 9.17) is 4.74 Å². The van der Waals surface area contributed by atoms with Gasteiger partial charge in [-0.05, 0) is 31.4 Å². The highest BCUT2D eigenvalue weighted by Gasteiger charge is 2.24. The van der Waals surface area contributed by atoms with Crippen molar-refractivity contribution in [3.05, 3.63) is 57.9 Å². The molecule has 1 aromatic carbocycles. The number of H-pyrrole nitrogens is 1. The van der Waals surface area contributed by atoms with Crippen LogP contribution in [0.25, 0.3) is 0 Å². The minimum absolute atomic E-state index is 0.00145. The first kappa shape index (κ1) is 18.9. The van der Waals surface area contributed by atoms with Gasteiger partial charge in [0.05, 0.1) is 25.4 Å². The van der Waals surface area contributed by atoms with Gasteiger partial charge in [-0.1, -0.05) is 31.2 Å². The second-order valence-corrected chi connectivity index (χ2v) is 6.52. The summed E-state index contributed by atoms with van der Waals surface area (Å²) in [6, 6.07) is 8.50. The molecule has 0 radical (unpaired) electrons. The van der Waals surface area contributed by atoms with E-state index in [-0.39, 0.29) is 5.78 Å². The van der Waals surface area contributed by atoms with Crippen molar-refractivity contribution in [3.63, 3.8) is 0 Å². The molecule has 5 nitrogen and oxygen atoms in total. The van der Waals surface area contributed by atoms with Gasteiger partial charge in [0, 0.05) is 11.3 Å². The maximum atomic E-state index is 12.6. The van der Waals surface area contributed by atoms with Crippen LogP contribution in [0.2, 0.25) is 0 Å². The number of carbonyl (C=O) groups excluding carboxylic acids is 2. The van der Waals surface area contributed by atoms with Gasteiger partial charge in [0.15, 0.2) is 0 Å². The number of quaternary nitrogens is 1. The summed E-state index contributed by atoms with van der Waals surface area (Å²) in [5.74, 6) is -0.416. The lowest BCUT2D eigenvalue weighted by Gasteiger charge is -2.13. The summed E-state index contributed by atoms with van der Waals surface area (Å²) in [6.07, 6.45) is 1.02. The maximum Gasteiger partial charge on any atom is 0.339 e. The van der Waals surface area contributed by atoms with Gasteiger partial charge in [0.2, 0.25) is 5.78 Å². The molecule has 25 heavy (non-hydrogen) atoms. The Morgan fingerprint density at radius 3 is 2.28 bits per heavy atom. The molecule has 0 aliphatic carbocycles. The second kappa shape index (κ2) is 8.12. The van der Waals surface area contributed by atoms with E-state index in [0.29, 0.717) is 29.1 Å². The molecule has 0 aliphatic heterocycles. The average Bonchev–Trinajstić information content (AvgIpc) is 2.89. The number of nitrogens with one attached hydrogen (secondary N) is 2. The molecule has 0 bridgehead atoms. The highest BCUT2D eigenvalue weighted by molar-refractivity contribution is 6.01. The second-order valence-electron chi connectivity index (χ2n) is 6.52. The molecule has 5 heteroatoms. The molecule has 0 saturated carbocycles. The predicted octanol–water partition coefficient (Wildman–Crippen LogP) is 1.88. The lowest BCUT2D eigenvalue weighted by Crippen LogP contribution is -3.08. The molecule has 2 aromatic rings. The summed E-state index contributed by atoms with van der Waals surface area (Å²) in [5, 5.41) is 0. The van der Waals surface area contributed by atoms with Crippen LogP contribution in [0.5, 0.6) is 0 Å². The number of aromatic nitrogens is 1. The number of esters is 1. The summed E-state index contributed by atoms with van der Waals surface area (Å²) in [4.78, 5) is 28.6. The molecule has 1 atom stereocenters. The zero-order chi connectivity index (χ0) is 18.6. The Hall–Kier alpha value is -2.40. The van der Waals surface area contributed by atoms with Crippen molar-refractivity contribution in [2.45, 2.75) is 33.7 Å². The standard InChI is InChI=1S/C20H26N2O3/c1-6-15-7-9-16(10-8-15)11-22(4)12-17(23)19-13(2)18(14(3)21-19)20(24)25-5/h7-10,21H,6,11-12H2,1-5H3/p+1. The van der Waals surface area contributed by atoms with Crippen molar-refractivity contribution in [3.8, 4) is 0 Å². The molecule has 0 spiro atoms. The molecule has 0 saturated heterocycles. The summed E-state index contributed by atoms with van der Waals surface area (Å²) >= 11 is 0. The summed E-state index contributed by atoms with van der Waals surface area (Å²) in [6.45, 7) is 6.83. The predicted molar refractivity (Wildman–Crippen MR) is 97.2 cm³/mol. The van der Waals surface area contributed by atoms with E-state index in [1.165, 1.54) is 18.2 Å². The summed E-state index contributed by atoms with van der Waals surface area (Å²) in [5.41, 5.74) is 4.80. The Morgan fingerprint density at radius 2 is 1.72 bits per heavy atom. The van der Waals surface area contributed by atoms with E-state index in [0.717, 1.165) is 17.9 Å². The fourth-order valence-corrected chi connectivity index (χ4v) is 3.10. The quantitative estimate of drug-likeness (QED) is 0.596. The first-order valence-electron chi connectivity index (χ1n) is 8.57. The topological polar surface area (TPSA) is 63.6 Å². The number of ketones is 1. The highest BCUT2D eigenvalue weighted by atomic mass is 16.5. The number of carbonyl (C=O) groups is 2. The van der Waals surface area contributed by atoms with E-state index < -0.39 is 5.97 Å². The van der Waals surface area contributed by atoms with Crippen molar-refractivity contribution >= 4 is 11.8 Å². The third kappa shape index (κ3) is 4.37. The fraction of sp³-hybridized carbons (Fsp3) is 0.400. The van der Waals surface area contributed by atoms with Gasteiger partial charge in [-0.2, -0.15) is 0 Å². The van der Waals surface area contributed by atoms with Gasteiger partial charge >= 0.3 is 5.97 Å². The number of rotatable bonds is 7. The molecular formula is C20H27N2O3+. The summed E-state index contributed by atoms with van der Waals surface area (Å²) < 4.78 is 4.79. The largest absolute Gasteiger partial charge is 0.465 e. The number of hydrogen-bond donors (Lipinski definition) is 2. The van der Waals surface area contributed by atoms with Gasteiger partial charge in [0.25, 0.3) is 0 Å². The Morgan fingerprint density at radius 1 is 1.12 bits per heavy atom. The van der Waals surface area contributed by atoms with Crippen molar-refractivity contribution in [2.75, 3.05) is 20.7 Å². The molecule has 2 rings (SSSR count). The van der Waals surface area contributed by atoms with Gasteiger partial charge in [-0.3, -0.25) is 4.79 Å². The molecule has 134 valence electrons. The molecule has 0 fully saturated rings. The number of benzene rings is 1. The van der Waals surface area contributed by atoms with Crippen LogP contribution in [0.15, 0.2) is 24.3 Å². The van der Waals surface area contributed by atoms with E-state index in [2.05, 4.69) is 36.2 Å². The Labute approximate surface area is 149 Å². The summed E-state index contributed by atoms with van der Waals surface area (Å²) in [7, 11) is 3.34. The van der Waals surface area contributed by atoms with E-state index in [9.17, 15) is 9.59 Å². The van der Waals surface area contributed by atoms with Crippen molar-refractivity contribution in [2.24, 2.45) is 0 Å². The number of aromatic amines is 1. The van der Waals surface area contributed by atoms with Crippen LogP contribution in [0.4, 0.5) is 0 Å². The Kier molecular flexibility index (Phi) is 6.15. The SMILES string of the molecule is CCc1ccc(C[NH+](C)CC(=O)c2[nH]c(C)c(C(=O)OC)c2C)cc1. The highest BCUT2D eigenvalue weighted by Crippen LogP contribution is 2.19. The number of ether oxygens (including phenoxy) is 1. The Bertz CT molecular complexity index is 760. The van der Waals surface area contributed by atoms with Crippen LogP contribution in [-0.2, 0) is 17.7 Å². The first-order valence-corrected chi connectivity index (χ1v) is 8.57. The maximum absolute atomic E-state index is 12.6. The third-order valence-corrected chi connectivity index (χ3v) is 4.51. The zero-order valence-electron chi connectivity index (χ0n) is 15.7. The van der Waals surface area contributed by atoms with Crippen LogP contribution >= 0.6 is 0 Å². The van der Waals surface area contributed by atoms with Gasteiger partial charge in [-0.25, -0.2) is 4.79 Å². The van der Waals surface area contributed by atoms with Gasteiger partial charge in [0.1, 0.15) is 13.1 Å². The monoisotopic (exact) mass is 343 g/mol. The lowest BCUT2D eigenvalue weighted by atomic mass is 10.1. The van der Waals surface area contributed by atoms with Crippen LogP contribution in [0.1, 0.15) is 50.2 Å². The number of methoxy groups -OCH3 is 1. The molecule has 2 N–H and O–H groups in total. The van der Waals surface area contributed by atoms with Crippen LogP contribution < -0.4 is 4.90 Å². The van der Waals surface area contributed by atoms with Crippen molar-refractivity contribution < 1.29 is 19.2 Å². The Balaban J connectivity index is 2.07. The van der Waals surface area contributed by atoms with Gasteiger partial charge < -0.3 is 14.6 Å². The van der Waals surface area contributed by atoms with E-state index in [1.807, 2.05) is 7.05 Å². The number of Topliss-reactive ketones (excluding diaryl/α,β-unsaturated/α-hetero) is 1. The van der Waals surface area contributed by atoms with E-state index in [1.54, 1.807) is 13.8 Å². The number of aryl methyl sites for hydroxylation is 2. The van der Waals surface area contributed by atoms with Crippen LogP contribution in [0.3, 0.4) is 0 Å². The normalized spacial score (nSPS) is 12.0. The smallest absolute Gasteiger partial charge is 0.339 e. The molecule has 1 aromatic heterocycles. The first-order chi connectivity index (χ1) is 11.9. The number of likely N-dealkylation sites (N-methyl/N-ethyl adjacent to an activating group) is 1. The molecular weight excluding hydrogens is 316 g/mol. The fourth-order valence-electron chi connectivity index (χ4n) is 3.10. The number of hydrogen-bond acceptors (Lipinski definition) is 3. The van der Waals surface area contributed by atoms with Crippen molar-refractivity contribution in [1.29, 1.82) is 0 Å². The third-order valence-electron chi connectivity index (χ3n) is 4.51. The average molecular weight is 343 g/mol. The molecule has 0 aliphatic rings. The zero-order valence-corrected chi connectivity index (χ0v) is 15.7. The minimum atomic E-state index is -0.415. The minimum Gasteiger partial charge on any atom is -0.465 e. The molecule has 1 unspecified atom stereocenters. The molecule has 1 heterocycles. The van der Waals surface area contributed by atoms with Crippen molar-refractivity contribution in [1.82, 2.24) is 4.98 Å². The van der Waals surface area contributed by atoms with E-state index >= 15 is 0 Å². The molecule has 0 amide bonds. The lowest BCUT2D eigenvalue weighted by molar-refractivity contribution is -0.884. The van der Waals surface area contributed by atoms with Crippen LogP contribution in [0, 0.1) is 13.8 Å². The van der Waals surface area contributed by atoms with Gasteiger partial charge in [-0.15, -0.1) is 0 Å².